The summed E-state index contributed by atoms with van der Waals surface area (Å²) < 4.78 is 17.8. The van der Waals surface area contributed by atoms with E-state index in [0.29, 0.717) is 0 Å². The highest BCUT2D eigenvalue weighted by Gasteiger charge is 2.21. The van der Waals surface area contributed by atoms with E-state index in [9.17, 15) is 18.8 Å². The van der Waals surface area contributed by atoms with Gasteiger partial charge < -0.3 is 15.4 Å². The Kier molecular flexibility index (Phi) is 7.18. The highest BCUT2D eigenvalue weighted by molar-refractivity contribution is 6.31. The van der Waals surface area contributed by atoms with Crippen molar-refractivity contribution in [1.82, 2.24) is 5.32 Å². The maximum absolute atomic E-state index is 13.0. The first-order chi connectivity index (χ1) is 12.0. The van der Waals surface area contributed by atoms with Crippen molar-refractivity contribution in [2.45, 2.75) is 32.1 Å². The van der Waals surface area contributed by atoms with Crippen LogP contribution in [0.1, 0.15) is 32.1 Å². The molecule has 0 aromatic heterocycles. The van der Waals surface area contributed by atoms with Crippen LogP contribution < -0.4 is 10.6 Å². The van der Waals surface area contributed by atoms with Crippen molar-refractivity contribution < 1.29 is 23.5 Å². The molecule has 25 heavy (non-hydrogen) atoms. The number of hydrogen-bond acceptors (Lipinski definition) is 4. The summed E-state index contributed by atoms with van der Waals surface area (Å²) in [4.78, 5) is 35.2. The van der Waals surface area contributed by atoms with Crippen LogP contribution >= 0.6 is 11.6 Å². The lowest BCUT2D eigenvalue weighted by atomic mass is 9.89. The molecule has 0 bridgehead atoms. The van der Waals surface area contributed by atoms with E-state index in [2.05, 4.69) is 10.6 Å². The first-order valence-corrected chi connectivity index (χ1v) is 8.51. The SMILES string of the molecule is O=C(COC(=O)CNC(=O)C1CCCCC1)Nc1ccc(F)c(Cl)c1. The Hall–Kier alpha value is -2.15. The van der Waals surface area contributed by atoms with Crippen LogP contribution in [0.4, 0.5) is 10.1 Å². The summed E-state index contributed by atoms with van der Waals surface area (Å²) in [6, 6.07) is 3.71. The first kappa shape index (κ1) is 19.2. The Labute approximate surface area is 150 Å². The standard InChI is InChI=1S/C17H20ClFN2O4/c18-13-8-12(6-7-14(13)19)21-15(22)10-25-16(23)9-20-17(24)11-4-2-1-3-5-11/h6-8,11H,1-5,9-10H2,(H,20,24)(H,21,22). The number of anilines is 1. The van der Waals surface area contributed by atoms with Crippen LogP contribution in [0.3, 0.4) is 0 Å². The predicted molar refractivity (Wildman–Crippen MR) is 90.6 cm³/mol. The van der Waals surface area contributed by atoms with Crippen LogP contribution in [-0.4, -0.2) is 30.9 Å². The number of carbonyl (C=O) groups excluding carboxylic acids is 3. The quantitative estimate of drug-likeness (QED) is 0.754. The van der Waals surface area contributed by atoms with Crippen molar-refractivity contribution in [3.05, 3.63) is 29.0 Å². The van der Waals surface area contributed by atoms with Gasteiger partial charge in [0.2, 0.25) is 5.91 Å². The molecule has 1 aromatic rings. The molecule has 0 saturated heterocycles. The molecular formula is C17H20ClFN2O4. The van der Waals surface area contributed by atoms with E-state index >= 15 is 0 Å². The third-order valence-electron chi connectivity index (χ3n) is 3.95. The molecule has 1 aliphatic carbocycles. The molecule has 6 nitrogen and oxygen atoms in total. The molecule has 1 aromatic carbocycles. The average Bonchev–Trinajstić information content (AvgIpc) is 2.61. The van der Waals surface area contributed by atoms with E-state index in [4.69, 9.17) is 16.3 Å². The summed E-state index contributed by atoms with van der Waals surface area (Å²) in [7, 11) is 0. The van der Waals surface area contributed by atoms with Crippen molar-refractivity contribution in [2.24, 2.45) is 5.92 Å². The van der Waals surface area contributed by atoms with Crippen LogP contribution in [-0.2, 0) is 19.1 Å². The third-order valence-corrected chi connectivity index (χ3v) is 4.24. The molecule has 0 heterocycles. The zero-order valence-electron chi connectivity index (χ0n) is 13.6. The molecule has 2 rings (SSSR count). The molecule has 0 aliphatic heterocycles. The Morgan fingerprint density at radius 1 is 1.20 bits per heavy atom. The second-order valence-electron chi connectivity index (χ2n) is 5.89. The van der Waals surface area contributed by atoms with Crippen LogP contribution in [0, 0.1) is 11.7 Å². The van der Waals surface area contributed by atoms with Gasteiger partial charge in [-0.2, -0.15) is 0 Å². The largest absolute Gasteiger partial charge is 0.454 e. The van der Waals surface area contributed by atoms with Crippen LogP contribution in [0.25, 0.3) is 0 Å². The van der Waals surface area contributed by atoms with Gasteiger partial charge in [0.25, 0.3) is 5.91 Å². The lowest BCUT2D eigenvalue weighted by molar-refractivity contribution is -0.147. The molecule has 1 fully saturated rings. The lowest BCUT2D eigenvalue weighted by Gasteiger charge is -2.20. The molecular weight excluding hydrogens is 351 g/mol. The summed E-state index contributed by atoms with van der Waals surface area (Å²) >= 11 is 5.61. The molecule has 2 N–H and O–H groups in total. The van der Waals surface area contributed by atoms with Gasteiger partial charge in [-0.15, -0.1) is 0 Å². The molecule has 8 heteroatoms. The first-order valence-electron chi connectivity index (χ1n) is 8.14. The van der Waals surface area contributed by atoms with Gasteiger partial charge in [0.1, 0.15) is 12.4 Å². The summed E-state index contributed by atoms with van der Waals surface area (Å²) in [5.41, 5.74) is 0.290. The van der Waals surface area contributed by atoms with E-state index in [1.807, 2.05) is 0 Å². The van der Waals surface area contributed by atoms with Crippen molar-refractivity contribution in [3.8, 4) is 0 Å². The highest BCUT2D eigenvalue weighted by Crippen LogP contribution is 2.23. The topological polar surface area (TPSA) is 84.5 Å². The molecule has 2 amide bonds. The summed E-state index contributed by atoms with van der Waals surface area (Å²) in [6.07, 6.45) is 4.86. The van der Waals surface area contributed by atoms with Gasteiger partial charge >= 0.3 is 5.97 Å². The number of nitrogens with one attached hydrogen (secondary N) is 2. The number of esters is 1. The minimum Gasteiger partial charge on any atom is -0.454 e. The number of halogens is 2. The normalized spacial score (nSPS) is 14.6. The van der Waals surface area contributed by atoms with E-state index < -0.39 is 24.3 Å². The van der Waals surface area contributed by atoms with Crippen LogP contribution in [0.15, 0.2) is 18.2 Å². The maximum Gasteiger partial charge on any atom is 0.325 e. The Balaban J connectivity index is 1.67. The number of ether oxygens (including phenoxy) is 1. The zero-order chi connectivity index (χ0) is 18.2. The fourth-order valence-corrected chi connectivity index (χ4v) is 2.82. The second-order valence-corrected chi connectivity index (χ2v) is 6.30. The maximum atomic E-state index is 13.0. The fraction of sp³-hybridized carbons (Fsp3) is 0.471. The Morgan fingerprint density at radius 2 is 1.92 bits per heavy atom. The number of amides is 2. The van der Waals surface area contributed by atoms with Gasteiger partial charge in [0.05, 0.1) is 5.02 Å². The van der Waals surface area contributed by atoms with Gasteiger partial charge in [0.15, 0.2) is 6.61 Å². The molecule has 1 saturated carbocycles. The minimum atomic E-state index is -0.698. The lowest BCUT2D eigenvalue weighted by Crippen LogP contribution is -2.36. The average molecular weight is 371 g/mol. The van der Waals surface area contributed by atoms with Gasteiger partial charge in [-0.25, -0.2) is 4.39 Å². The Morgan fingerprint density at radius 3 is 2.60 bits per heavy atom. The van der Waals surface area contributed by atoms with Crippen molar-refractivity contribution in [3.63, 3.8) is 0 Å². The predicted octanol–water partition coefficient (Wildman–Crippen LogP) is 2.66. The van der Waals surface area contributed by atoms with Gasteiger partial charge in [0, 0.05) is 11.6 Å². The minimum absolute atomic E-state index is 0.0481. The second kappa shape index (κ2) is 9.36. The van der Waals surface area contributed by atoms with E-state index in [-0.39, 0.29) is 29.1 Å². The number of hydrogen-bond donors (Lipinski definition) is 2. The van der Waals surface area contributed by atoms with Crippen molar-refractivity contribution in [2.75, 3.05) is 18.5 Å². The number of benzene rings is 1. The molecule has 136 valence electrons. The Bertz CT molecular complexity index is 648. The monoisotopic (exact) mass is 370 g/mol. The van der Waals surface area contributed by atoms with Crippen LogP contribution in [0.2, 0.25) is 5.02 Å². The van der Waals surface area contributed by atoms with Crippen molar-refractivity contribution >= 4 is 35.1 Å². The molecule has 0 unspecified atom stereocenters. The number of rotatable bonds is 6. The third kappa shape index (κ3) is 6.34. The highest BCUT2D eigenvalue weighted by atomic mass is 35.5. The van der Waals surface area contributed by atoms with Gasteiger partial charge in [-0.05, 0) is 31.0 Å². The molecule has 0 atom stereocenters. The fourth-order valence-electron chi connectivity index (χ4n) is 2.64. The van der Waals surface area contributed by atoms with E-state index in [1.54, 1.807) is 0 Å². The summed E-state index contributed by atoms with van der Waals surface area (Å²) in [6.45, 7) is -0.780. The molecule has 0 radical (unpaired) electrons. The smallest absolute Gasteiger partial charge is 0.325 e. The zero-order valence-corrected chi connectivity index (χ0v) is 14.4. The van der Waals surface area contributed by atoms with Gasteiger partial charge in [-0.1, -0.05) is 30.9 Å². The summed E-state index contributed by atoms with van der Waals surface area (Å²) in [5, 5.41) is 4.84. The van der Waals surface area contributed by atoms with Gasteiger partial charge in [-0.3, -0.25) is 14.4 Å². The van der Waals surface area contributed by atoms with E-state index in [0.717, 1.165) is 38.2 Å². The van der Waals surface area contributed by atoms with Crippen molar-refractivity contribution in [1.29, 1.82) is 0 Å². The molecule has 0 spiro atoms. The number of carbonyl (C=O) groups is 3. The summed E-state index contributed by atoms with van der Waals surface area (Å²) in [5.74, 6) is -2.08. The van der Waals surface area contributed by atoms with Crippen LogP contribution in [0.5, 0.6) is 0 Å². The molecule has 1 aliphatic rings. The van der Waals surface area contributed by atoms with E-state index in [1.165, 1.54) is 12.1 Å².